The van der Waals surface area contributed by atoms with Crippen molar-refractivity contribution in [1.29, 1.82) is 0 Å². The Balaban J connectivity index is 1.57. The van der Waals surface area contributed by atoms with Crippen LogP contribution in [-0.2, 0) is 9.59 Å². The second-order valence-electron chi connectivity index (χ2n) is 8.22. The van der Waals surface area contributed by atoms with Crippen molar-refractivity contribution < 1.29 is 19.1 Å². The Bertz CT molecular complexity index is 1020. The fourth-order valence-electron chi connectivity index (χ4n) is 3.43. The fraction of sp³-hybridized carbons (Fsp3) is 0.286. The summed E-state index contributed by atoms with van der Waals surface area (Å²) < 4.78 is 11.7. The van der Waals surface area contributed by atoms with Crippen molar-refractivity contribution in [2.24, 2.45) is 0 Å². The van der Waals surface area contributed by atoms with E-state index >= 15 is 0 Å². The van der Waals surface area contributed by atoms with E-state index in [9.17, 15) is 9.59 Å². The number of ether oxygens (including phenoxy) is 2. The maximum Gasteiger partial charge on any atom is 0.265 e. The molecule has 3 aromatic rings. The molecular formula is C28H32N2O4. The summed E-state index contributed by atoms with van der Waals surface area (Å²) in [5.74, 6) is 0.883. The maximum atomic E-state index is 12.7. The number of benzene rings is 3. The Kier molecular flexibility index (Phi) is 8.68. The molecule has 34 heavy (non-hydrogen) atoms. The molecule has 3 aromatic carbocycles. The van der Waals surface area contributed by atoms with Crippen molar-refractivity contribution in [2.75, 3.05) is 10.6 Å². The molecule has 6 heteroatoms. The molecule has 0 aliphatic carbocycles. The Morgan fingerprint density at radius 3 is 1.38 bits per heavy atom. The van der Waals surface area contributed by atoms with Gasteiger partial charge in [0, 0.05) is 11.4 Å². The zero-order valence-electron chi connectivity index (χ0n) is 20.1. The molecule has 0 fully saturated rings. The van der Waals surface area contributed by atoms with Gasteiger partial charge in [-0.1, -0.05) is 38.1 Å². The van der Waals surface area contributed by atoms with E-state index in [0.29, 0.717) is 35.7 Å². The van der Waals surface area contributed by atoms with Crippen molar-refractivity contribution in [3.05, 3.63) is 83.9 Å². The summed E-state index contributed by atoms with van der Waals surface area (Å²) in [6, 6.07) is 22.2. The molecule has 0 saturated carbocycles. The van der Waals surface area contributed by atoms with Gasteiger partial charge >= 0.3 is 0 Å². The lowest BCUT2D eigenvalue weighted by Gasteiger charge is -2.18. The SMILES string of the molecule is CCC(Oc1cccc(C)c1)C(=O)Nc1ccc(NC(=O)C(CC)Oc2cccc(C)c2)cc1. The normalized spacial score (nSPS) is 12.4. The molecule has 0 aliphatic rings. The quantitative estimate of drug-likeness (QED) is 0.395. The minimum atomic E-state index is -0.606. The third-order valence-electron chi connectivity index (χ3n) is 5.28. The predicted octanol–water partition coefficient (Wildman–Crippen LogP) is 5.90. The van der Waals surface area contributed by atoms with E-state index in [1.54, 1.807) is 24.3 Å². The van der Waals surface area contributed by atoms with Crippen LogP contribution in [0.15, 0.2) is 72.8 Å². The van der Waals surface area contributed by atoms with E-state index in [0.717, 1.165) is 11.1 Å². The molecule has 2 atom stereocenters. The monoisotopic (exact) mass is 460 g/mol. The summed E-state index contributed by atoms with van der Waals surface area (Å²) in [4.78, 5) is 25.4. The van der Waals surface area contributed by atoms with Crippen LogP contribution >= 0.6 is 0 Å². The summed E-state index contributed by atoms with van der Waals surface area (Å²) in [5, 5.41) is 5.76. The number of nitrogens with one attached hydrogen (secondary N) is 2. The van der Waals surface area contributed by atoms with Crippen molar-refractivity contribution >= 4 is 23.2 Å². The zero-order chi connectivity index (χ0) is 24.5. The maximum absolute atomic E-state index is 12.7. The van der Waals surface area contributed by atoms with E-state index < -0.39 is 12.2 Å². The Hall–Kier alpha value is -3.80. The molecule has 3 rings (SSSR count). The number of carbonyl (C=O) groups is 2. The third-order valence-corrected chi connectivity index (χ3v) is 5.28. The number of hydrogen-bond donors (Lipinski definition) is 2. The van der Waals surface area contributed by atoms with E-state index in [4.69, 9.17) is 9.47 Å². The van der Waals surface area contributed by atoms with Crippen molar-refractivity contribution in [2.45, 2.75) is 52.7 Å². The van der Waals surface area contributed by atoms with Gasteiger partial charge in [0.05, 0.1) is 0 Å². The third kappa shape index (κ3) is 7.10. The van der Waals surface area contributed by atoms with Gasteiger partial charge in [0.25, 0.3) is 11.8 Å². The molecule has 6 nitrogen and oxygen atoms in total. The van der Waals surface area contributed by atoms with E-state index in [-0.39, 0.29) is 11.8 Å². The molecule has 0 radical (unpaired) electrons. The highest BCUT2D eigenvalue weighted by molar-refractivity contribution is 5.96. The van der Waals surface area contributed by atoms with Gasteiger partial charge in [0.2, 0.25) is 0 Å². The number of carbonyl (C=O) groups excluding carboxylic acids is 2. The highest BCUT2D eigenvalue weighted by atomic mass is 16.5. The van der Waals surface area contributed by atoms with Gasteiger partial charge in [-0.3, -0.25) is 9.59 Å². The lowest BCUT2D eigenvalue weighted by molar-refractivity contribution is -0.123. The van der Waals surface area contributed by atoms with E-state index in [1.807, 2.05) is 76.2 Å². The summed E-state index contributed by atoms with van der Waals surface area (Å²) in [6.07, 6.45) is -0.143. The van der Waals surface area contributed by atoms with Crippen LogP contribution in [-0.4, -0.2) is 24.0 Å². The molecule has 2 amide bonds. The molecular weight excluding hydrogens is 428 g/mol. The molecule has 178 valence electrons. The van der Waals surface area contributed by atoms with Crippen LogP contribution < -0.4 is 20.1 Å². The second-order valence-corrected chi connectivity index (χ2v) is 8.22. The lowest BCUT2D eigenvalue weighted by atomic mass is 10.2. The number of rotatable bonds is 10. The highest BCUT2D eigenvalue weighted by Crippen LogP contribution is 2.20. The number of amides is 2. The number of hydrogen-bond acceptors (Lipinski definition) is 4. The smallest absolute Gasteiger partial charge is 0.265 e. The van der Waals surface area contributed by atoms with Crippen LogP contribution in [0, 0.1) is 13.8 Å². The Morgan fingerprint density at radius 1 is 0.676 bits per heavy atom. The fourth-order valence-corrected chi connectivity index (χ4v) is 3.43. The second kappa shape index (κ2) is 11.9. The molecule has 0 heterocycles. The van der Waals surface area contributed by atoms with Crippen LogP contribution in [0.25, 0.3) is 0 Å². The minimum Gasteiger partial charge on any atom is -0.481 e. The standard InChI is InChI=1S/C28H32N2O4/c1-5-25(33-23-11-7-9-19(3)17-23)27(31)29-21-13-15-22(16-14-21)30-28(32)26(6-2)34-24-12-8-10-20(4)18-24/h7-18,25-26H,5-6H2,1-4H3,(H,29,31)(H,30,32). The van der Waals surface area contributed by atoms with E-state index in [2.05, 4.69) is 10.6 Å². The largest absolute Gasteiger partial charge is 0.481 e. The number of anilines is 2. The van der Waals surface area contributed by atoms with Crippen LogP contribution in [0.2, 0.25) is 0 Å². The van der Waals surface area contributed by atoms with Gasteiger partial charge in [-0.2, -0.15) is 0 Å². The Morgan fingerprint density at radius 2 is 1.06 bits per heavy atom. The summed E-state index contributed by atoms with van der Waals surface area (Å²) in [5.41, 5.74) is 3.38. The molecule has 2 unspecified atom stereocenters. The lowest BCUT2D eigenvalue weighted by Crippen LogP contribution is -2.32. The van der Waals surface area contributed by atoms with Crippen LogP contribution in [0.5, 0.6) is 11.5 Å². The molecule has 0 aliphatic heterocycles. The summed E-state index contributed by atoms with van der Waals surface area (Å²) in [7, 11) is 0. The molecule has 2 N–H and O–H groups in total. The first-order valence-electron chi connectivity index (χ1n) is 11.6. The predicted molar refractivity (Wildman–Crippen MR) is 135 cm³/mol. The van der Waals surface area contributed by atoms with E-state index in [1.165, 1.54) is 0 Å². The molecule has 0 bridgehead atoms. The summed E-state index contributed by atoms with van der Waals surface area (Å²) >= 11 is 0. The van der Waals surface area contributed by atoms with Crippen LogP contribution in [0.4, 0.5) is 11.4 Å². The minimum absolute atomic E-state index is 0.224. The first-order valence-corrected chi connectivity index (χ1v) is 11.6. The molecule has 0 saturated heterocycles. The average molecular weight is 461 g/mol. The van der Waals surface area contributed by atoms with Crippen LogP contribution in [0.1, 0.15) is 37.8 Å². The van der Waals surface area contributed by atoms with Crippen molar-refractivity contribution in [1.82, 2.24) is 0 Å². The van der Waals surface area contributed by atoms with Gasteiger partial charge in [-0.15, -0.1) is 0 Å². The van der Waals surface area contributed by atoms with Crippen LogP contribution in [0.3, 0.4) is 0 Å². The van der Waals surface area contributed by atoms with Gasteiger partial charge < -0.3 is 20.1 Å². The van der Waals surface area contributed by atoms with Gasteiger partial charge in [0.15, 0.2) is 12.2 Å². The molecule has 0 spiro atoms. The Labute approximate surface area is 201 Å². The zero-order valence-corrected chi connectivity index (χ0v) is 20.1. The topological polar surface area (TPSA) is 76.7 Å². The number of aryl methyl sites for hydroxylation is 2. The first kappa shape index (κ1) is 24.8. The average Bonchev–Trinajstić information content (AvgIpc) is 2.82. The van der Waals surface area contributed by atoms with Crippen molar-refractivity contribution in [3.63, 3.8) is 0 Å². The van der Waals surface area contributed by atoms with Gasteiger partial charge in [-0.25, -0.2) is 0 Å². The molecule has 0 aromatic heterocycles. The van der Waals surface area contributed by atoms with Gasteiger partial charge in [0.1, 0.15) is 11.5 Å². The summed E-state index contributed by atoms with van der Waals surface area (Å²) in [6.45, 7) is 7.76. The van der Waals surface area contributed by atoms with Gasteiger partial charge in [-0.05, 0) is 86.3 Å². The highest BCUT2D eigenvalue weighted by Gasteiger charge is 2.20. The van der Waals surface area contributed by atoms with Crippen molar-refractivity contribution in [3.8, 4) is 11.5 Å². The first-order chi connectivity index (χ1) is 16.4.